The molecule has 0 spiro atoms. The number of hydrazone groups is 1. The molecule has 0 bridgehead atoms. The highest BCUT2D eigenvalue weighted by atomic mass is 16.3. The van der Waals surface area contributed by atoms with Crippen LogP contribution < -0.4 is 16.1 Å². The molecule has 7 nitrogen and oxygen atoms in total. The highest BCUT2D eigenvalue weighted by Crippen LogP contribution is 2.25. The largest absolute Gasteiger partial charge is 0.507 e. The van der Waals surface area contributed by atoms with Gasteiger partial charge in [-0.1, -0.05) is 30.3 Å². The van der Waals surface area contributed by atoms with Crippen LogP contribution in [0, 0.1) is 0 Å². The number of nitrogens with zero attached hydrogens (tertiary/aromatic N) is 1. The van der Waals surface area contributed by atoms with E-state index in [1.54, 1.807) is 6.07 Å². The molecule has 1 fully saturated rings. The van der Waals surface area contributed by atoms with Crippen LogP contribution in [0.2, 0.25) is 0 Å². The maximum Gasteiger partial charge on any atom is 0.242 e. The summed E-state index contributed by atoms with van der Waals surface area (Å²) < 4.78 is 0. The second-order valence-electron chi connectivity index (χ2n) is 5.51. The first kappa shape index (κ1) is 15.9. The predicted octanol–water partition coefficient (Wildman–Crippen LogP) is 0.474. The average Bonchev–Trinajstić information content (AvgIpc) is 2.59. The zero-order chi connectivity index (χ0) is 16.9. The minimum Gasteiger partial charge on any atom is -0.507 e. The Balaban J connectivity index is 1.67. The maximum absolute atomic E-state index is 11.9. The van der Waals surface area contributed by atoms with Crippen molar-refractivity contribution in [2.24, 2.45) is 5.10 Å². The van der Waals surface area contributed by atoms with Gasteiger partial charge in [0.15, 0.2) is 0 Å². The highest BCUT2D eigenvalue weighted by Gasteiger charge is 2.23. The molecule has 2 amide bonds. The van der Waals surface area contributed by atoms with Crippen molar-refractivity contribution in [2.75, 3.05) is 13.1 Å². The van der Waals surface area contributed by atoms with Crippen LogP contribution >= 0.6 is 0 Å². The molecule has 0 radical (unpaired) electrons. The molecule has 1 heterocycles. The predicted molar refractivity (Wildman–Crippen MR) is 90.8 cm³/mol. The van der Waals surface area contributed by atoms with E-state index in [0.717, 1.165) is 10.8 Å². The number of rotatable bonds is 4. The van der Waals surface area contributed by atoms with Crippen LogP contribution in [0.1, 0.15) is 12.0 Å². The Kier molecular flexibility index (Phi) is 4.72. The summed E-state index contributed by atoms with van der Waals surface area (Å²) in [5.41, 5.74) is 2.92. The third kappa shape index (κ3) is 3.52. The number of piperazine rings is 1. The Morgan fingerprint density at radius 1 is 1.29 bits per heavy atom. The number of phenols is 1. The first-order valence-electron chi connectivity index (χ1n) is 7.69. The number of carbonyl (C=O) groups excluding carboxylic acids is 2. The van der Waals surface area contributed by atoms with Gasteiger partial charge in [-0.25, -0.2) is 5.43 Å². The molecule has 7 heteroatoms. The fourth-order valence-corrected chi connectivity index (χ4v) is 2.63. The number of hydrogen-bond donors (Lipinski definition) is 4. The van der Waals surface area contributed by atoms with Crippen molar-refractivity contribution in [1.82, 2.24) is 16.1 Å². The van der Waals surface area contributed by atoms with Gasteiger partial charge in [0.05, 0.1) is 18.7 Å². The molecule has 0 aromatic heterocycles. The topological polar surface area (TPSA) is 103 Å². The molecular weight excluding hydrogens is 308 g/mol. The molecule has 2 aromatic rings. The van der Waals surface area contributed by atoms with Crippen molar-refractivity contribution < 1.29 is 14.7 Å². The lowest BCUT2D eigenvalue weighted by Gasteiger charge is -2.22. The Morgan fingerprint density at radius 3 is 2.96 bits per heavy atom. The van der Waals surface area contributed by atoms with Crippen molar-refractivity contribution in [1.29, 1.82) is 0 Å². The van der Waals surface area contributed by atoms with Crippen molar-refractivity contribution >= 4 is 28.8 Å². The van der Waals surface area contributed by atoms with Gasteiger partial charge in [-0.15, -0.1) is 0 Å². The normalized spacial score (nSPS) is 17.8. The first-order chi connectivity index (χ1) is 11.6. The fourth-order valence-electron chi connectivity index (χ4n) is 2.63. The van der Waals surface area contributed by atoms with E-state index < -0.39 is 6.04 Å². The van der Waals surface area contributed by atoms with E-state index in [1.165, 1.54) is 6.21 Å². The number of hydrogen-bond acceptors (Lipinski definition) is 5. The van der Waals surface area contributed by atoms with Gasteiger partial charge < -0.3 is 15.7 Å². The third-order valence-electron chi connectivity index (χ3n) is 3.85. The summed E-state index contributed by atoms with van der Waals surface area (Å²) in [5, 5.41) is 21.4. The van der Waals surface area contributed by atoms with Crippen LogP contribution in [0.5, 0.6) is 5.75 Å². The molecule has 124 valence electrons. The summed E-state index contributed by atoms with van der Waals surface area (Å²) in [4.78, 5) is 23.5. The Bertz CT molecular complexity index is 804. The molecule has 1 unspecified atom stereocenters. The monoisotopic (exact) mass is 326 g/mol. The van der Waals surface area contributed by atoms with E-state index in [-0.39, 0.29) is 24.0 Å². The maximum atomic E-state index is 11.9. The average molecular weight is 326 g/mol. The van der Waals surface area contributed by atoms with Crippen molar-refractivity contribution in [3.05, 3.63) is 42.0 Å². The van der Waals surface area contributed by atoms with E-state index in [1.807, 2.05) is 30.3 Å². The summed E-state index contributed by atoms with van der Waals surface area (Å²) in [6.45, 7) is 1.20. The van der Waals surface area contributed by atoms with Crippen LogP contribution in [0.3, 0.4) is 0 Å². The number of fused-ring (bicyclic) bond motifs is 1. The quantitative estimate of drug-likeness (QED) is 0.484. The SMILES string of the molecule is O=C(CC1NCCNC1=O)N/N=C/c1c(O)ccc2ccccc12. The van der Waals surface area contributed by atoms with E-state index in [0.29, 0.717) is 18.7 Å². The highest BCUT2D eigenvalue weighted by molar-refractivity contribution is 6.02. The zero-order valence-corrected chi connectivity index (χ0v) is 13.0. The van der Waals surface area contributed by atoms with E-state index in [2.05, 4.69) is 21.2 Å². The number of benzene rings is 2. The van der Waals surface area contributed by atoms with E-state index in [4.69, 9.17) is 0 Å². The third-order valence-corrected chi connectivity index (χ3v) is 3.85. The van der Waals surface area contributed by atoms with Crippen molar-refractivity contribution in [2.45, 2.75) is 12.5 Å². The Hall–Kier alpha value is -2.93. The molecule has 1 saturated heterocycles. The first-order valence-corrected chi connectivity index (χ1v) is 7.69. The number of nitrogens with one attached hydrogen (secondary N) is 3. The number of carbonyl (C=O) groups is 2. The molecule has 1 aliphatic rings. The van der Waals surface area contributed by atoms with Gasteiger partial charge in [0.2, 0.25) is 11.8 Å². The molecule has 3 rings (SSSR count). The molecule has 0 aliphatic carbocycles. The zero-order valence-electron chi connectivity index (χ0n) is 13.0. The van der Waals surface area contributed by atoms with Crippen LogP contribution in [-0.2, 0) is 9.59 Å². The molecule has 1 atom stereocenters. The van der Waals surface area contributed by atoms with E-state index >= 15 is 0 Å². The summed E-state index contributed by atoms with van der Waals surface area (Å²) in [5.74, 6) is -0.479. The van der Waals surface area contributed by atoms with Gasteiger partial charge >= 0.3 is 0 Å². The van der Waals surface area contributed by atoms with Gasteiger partial charge in [-0.2, -0.15) is 5.10 Å². The summed E-state index contributed by atoms with van der Waals surface area (Å²) in [6.07, 6.45) is 1.41. The lowest BCUT2D eigenvalue weighted by Crippen LogP contribution is -2.54. The molecule has 1 aliphatic heterocycles. The number of phenolic OH excluding ortho intramolecular Hbond substituents is 1. The molecule has 24 heavy (non-hydrogen) atoms. The second kappa shape index (κ2) is 7.10. The van der Waals surface area contributed by atoms with Crippen molar-refractivity contribution in [3.8, 4) is 5.75 Å². The lowest BCUT2D eigenvalue weighted by atomic mass is 10.0. The van der Waals surface area contributed by atoms with Crippen LogP contribution in [-0.4, -0.2) is 42.3 Å². The van der Waals surface area contributed by atoms with Crippen LogP contribution in [0.15, 0.2) is 41.5 Å². The van der Waals surface area contributed by atoms with Crippen LogP contribution in [0.4, 0.5) is 0 Å². The molecule has 0 saturated carbocycles. The standard InChI is InChI=1S/C17H18N4O3/c22-15-6-5-11-3-1-2-4-12(11)13(15)10-20-21-16(23)9-14-17(24)19-8-7-18-14/h1-6,10,14,18,22H,7-9H2,(H,19,24)(H,21,23)/b20-10+. The summed E-state index contributed by atoms with van der Waals surface area (Å²) >= 11 is 0. The number of aromatic hydroxyl groups is 1. The van der Waals surface area contributed by atoms with Gasteiger partial charge in [-0.05, 0) is 16.8 Å². The van der Waals surface area contributed by atoms with Gasteiger partial charge in [-0.3, -0.25) is 9.59 Å². The van der Waals surface area contributed by atoms with Crippen molar-refractivity contribution in [3.63, 3.8) is 0 Å². The Morgan fingerprint density at radius 2 is 2.12 bits per heavy atom. The molecular formula is C17H18N4O3. The minimum absolute atomic E-state index is 0.00466. The minimum atomic E-state index is -0.542. The molecule has 2 aromatic carbocycles. The smallest absolute Gasteiger partial charge is 0.242 e. The summed E-state index contributed by atoms with van der Waals surface area (Å²) in [7, 11) is 0. The van der Waals surface area contributed by atoms with Gasteiger partial charge in [0.25, 0.3) is 0 Å². The Labute approximate surface area is 138 Å². The summed E-state index contributed by atoms with van der Waals surface area (Å²) in [6, 6.07) is 10.4. The number of amides is 2. The lowest BCUT2D eigenvalue weighted by molar-refractivity contribution is -0.129. The fraction of sp³-hybridized carbons (Fsp3) is 0.235. The van der Waals surface area contributed by atoms with E-state index in [9.17, 15) is 14.7 Å². The van der Waals surface area contributed by atoms with Gasteiger partial charge in [0, 0.05) is 18.7 Å². The molecule has 4 N–H and O–H groups in total. The second-order valence-corrected chi connectivity index (χ2v) is 5.51. The van der Waals surface area contributed by atoms with Gasteiger partial charge in [0.1, 0.15) is 5.75 Å². The van der Waals surface area contributed by atoms with Crippen LogP contribution in [0.25, 0.3) is 10.8 Å².